The van der Waals surface area contributed by atoms with Crippen LogP contribution in [0.1, 0.15) is 31.4 Å². The number of amides is 2. The number of likely N-dealkylation sites (tertiary alicyclic amines) is 1. The predicted octanol–water partition coefficient (Wildman–Crippen LogP) is 1.35. The average molecular weight is 277 g/mol. The number of anilines is 1. The first kappa shape index (κ1) is 13.1. The third-order valence-electron chi connectivity index (χ3n) is 4.03. The molecule has 2 fully saturated rings. The first-order valence-corrected chi connectivity index (χ1v) is 7.17. The second kappa shape index (κ2) is 5.26. The van der Waals surface area contributed by atoms with E-state index in [0.717, 1.165) is 25.9 Å². The Balaban J connectivity index is 1.68. The third-order valence-corrected chi connectivity index (χ3v) is 4.03. The highest BCUT2D eigenvalue weighted by Gasteiger charge is 2.38. The molecule has 1 aromatic heterocycles. The molecule has 2 amide bonds. The average Bonchev–Trinajstić information content (AvgIpc) is 3.05. The van der Waals surface area contributed by atoms with Crippen molar-refractivity contribution in [3.05, 3.63) is 11.8 Å². The van der Waals surface area contributed by atoms with E-state index in [4.69, 9.17) is 4.52 Å². The van der Waals surface area contributed by atoms with Gasteiger partial charge in [-0.25, -0.2) is 0 Å². The van der Waals surface area contributed by atoms with Crippen LogP contribution in [0.3, 0.4) is 0 Å². The Bertz CT molecular complexity index is 519. The number of nitrogens with zero attached hydrogens (tertiary/aromatic N) is 3. The van der Waals surface area contributed by atoms with Crippen molar-refractivity contribution in [2.24, 2.45) is 5.92 Å². The van der Waals surface area contributed by atoms with Crippen LogP contribution >= 0.6 is 0 Å². The zero-order valence-corrected chi connectivity index (χ0v) is 11.7. The lowest BCUT2D eigenvalue weighted by atomic mass is 10.0. The number of rotatable bonds is 2. The highest BCUT2D eigenvalue weighted by Crippen LogP contribution is 2.26. The maximum absolute atomic E-state index is 12.4. The lowest BCUT2D eigenvalue weighted by molar-refractivity contribution is -0.136. The number of carbonyl (C=O) groups excluding carboxylic acids is 2. The molecule has 1 unspecified atom stereocenters. The van der Waals surface area contributed by atoms with Gasteiger partial charge in [-0.3, -0.25) is 14.5 Å². The number of piperidine rings is 1. The minimum Gasteiger partial charge on any atom is -0.360 e. The summed E-state index contributed by atoms with van der Waals surface area (Å²) >= 11 is 0. The van der Waals surface area contributed by atoms with Crippen molar-refractivity contribution in [2.45, 2.75) is 32.6 Å². The molecule has 3 rings (SSSR count). The minimum absolute atomic E-state index is 0.0475. The maximum Gasteiger partial charge on any atom is 0.229 e. The van der Waals surface area contributed by atoms with E-state index in [2.05, 4.69) is 5.16 Å². The molecule has 0 spiro atoms. The van der Waals surface area contributed by atoms with E-state index in [-0.39, 0.29) is 24.2 Å². The summed E-state index contributed by atoms with van der Waals surface area (Å²) in [5.74, 6) is 1.01. The smallest absolute Gasteiger partial charge is 0.229 e. The molecule has 20 heavy (non-hydrogen) atoms. The zero-order valence-electron chi connectivity index (χ0n) is 11.7. The summed E-state index contributed by atoms with van der Waals surface area (Å²) in [5.41, 5.74) is 0. The van der Waals surface area contributed by atoms with Gasteiger partial charge in [-0.15, -0.1) is 0 Å². The van der Waals surface area contributed by atoms with E-state index in [0.29, 0.717) is 18.1 Å². The number of carbonyl (C=O) groups is 2. The van der Waals surface area contributed by atoms with Crippen molar-refractivity contribution in [1.82, 2.24) is 10.1 Å². The molecular weight excluding hydrogens is 258 g/mol. The lowest BCUT2D eigenvalue weighted by Gasteiger charge is -2.28. The van der Waals surface area contributed by atoms with Crippen LogP contribution in [-0.4, -0.2) is 41.5 Å². The summed E-state index contributed by atoms with van der Waals surface area (Å²) in [7, 11) is 0. The molecule has 0 bridgehead atoms. The molecule has 3 heterocycles. The molecule has 2 aliphatic heterocycles. The Kier molecular flexibility index (Phi) is 3.46. The van der Waals surface area contributed by atoms with Crippen molar-refractivity contribution in [2.75, 3.05) is 24.5 Å². The van der Waals surface area contributed by atoms with Crippen LogP contribution in [-0.2, 0) is 9.59 Å². The summed E-state index contributed by atoms with van der Waals surface area (Å²) in [6.45, 7) is 3.85. The fourth-order valence-electron chi connectivity index (χ4n) is 2.95. The summed E-state index contributed by atoms with van der Waals surface area (Å²) in [6.07, 6.45) is 3.61. The van der Waals surface area contributed by atoms with Crippen molar-refractivity contribution in [1.29, 1.82) is 0 Å². The number of hydrogen-bond donors (Lipinski definition) is 0. The quantitative estimate of drug-likeness (QED) is 0.818. The van der Waals surface area contributed by atoms with E-state index in [1.54, 1.807) is 17.9 Å². The molecule has 0 aromatic carbocycles. The standard InChI is InChI=1S/C14H19N3O3/c1-10-7-12(15-20-10)17-9-11(8-13(17)18)14(19)16-5-3-2-4-6-16/h7,11H,2-6,8-9H2,1H3. The first-order valence-electron chi connectivity index (χ1n) is 7.17. The van der Waals surface area contributed by atoms with Gasteiger partial charge in [0.1, 0.15) is 5.76 Å². The SMILES string of the molecule is Cc1cc(N2CC(C(=O)N3CCCCC3)CC2=O)no1. The van der Waals surface area contributed by atoms with Crippen molar-refractivity contribution >= 4 is 17.6 Å². The first-order chi connectivity index (χ1) is 9.65. The Labute approximate surface area is 117 Å². The normalized spacial score (nSPS) is 23.4. The van der Waals surface area contributed by atoms with Gasteiger partial charge in [0.15, 0.2) is 5.82 Å². The van der Waals surface area contributed by atoms with Crippen molar-refractivity contribution < 1.29 is 14.1 Å². The highest BCUT2D eigenvalue weighted by molar-refractivity contribution is 5.99. The minimum atomic E-state index is -0.238. The van der Waals surface area contributed by atoms with E-state index in [1.165, 1.54) is 6.42 Å². The van der Waals surface area contributed by atoms with E-state index in [9.17, 15) is 9.59 Å². The van der Waals surface area contributed by atoms with Crippen LogP contribution in [0.4, 0.5) is 5.82 Å². The maximum atomic E-state index is 12.4. The van der Waals surface area contributed by atoms with Crippen LogP contribution in [0.2, 0.25) is 0 Å². The summed E-state index contributed by atoms with van der Waals surface area (Å²) in [5, 5.41) is 3.86. The largest absolute Gasteiger partial charge is 0.360 e. The van der Waals surface area contributed by atoms with Crippen LogP contribution < -0.4 is 4.90 Å². The molecule has 0 aliphatic carbocycles. The number of hydrogen-bond acceptors (Lipinski definition) is 4. The molecule has 6 heteroatoms. The van der Waals surface area contributed by atoms with Gasteiger partial charge in [-0.1, -0.05) is 5.16 Å². The monoisotopic (exact) mass is 277 g/mol. The molecule has 6 nitrogen and oxygen atoms in total. The molecule has 2 saturated heterocycles. The predicted molar refractivity (Wildman–Crippen MR) is 72.1 cm³/mol. The van der Waals surface area contributed by atoms with E-state index < -0.39 is 0 Å². The van der Waals surface area contributed by atoms with Crippen molar-refractivity contribution in [3.8, 4) is 0 Å². The molecule has 108 valence electrons. The number of aromatic nitrogens is 1. The molecule has 1 atom stereocenters. The summed E-state index contributed by atoms with van der Waals surface area (Å²) in [4.78, 5) is 27.9. The topological polar surface area (TPSA) is 66.7 Å². The highest BCUT2D eigenvalue weighted by atomic mass is 16.5. The fourth-order valence-corrected chi connectivity index (χ4v) is 2.95. The van der Waals surface area contributed by atoms with Gasteiger partial charge in [0.25, 0.3) is 0 Å². The van der Waals surface area contributed by atoms with Crippen LogP contribution in [0.25, 0.3) is 0 Å². The van der Waals surface area contributed by atoms with E-state index >= 15 is 0 Å². The van der Waals surface area contributed by atoms with Gasteiger partial charge in [-0.2, -0.15) is 0 Å². The molecule has 1 aromatic rings. The zero-order chi connectivity index (χ0) is 14.1. The molecule has 0 saturated carbocycles. The summed E-state index contributed by atoms with van der Waals surface area (Å²) < 4.78 is 5.00. The van der Waals surface area contributed by atoms with Gasteiger partial charge in [0, 0.05) is 32.1 Å². The van der Waals surface area contributed by atoms with Crippen LogP contribution in [0.5, 0.6) is 0 Å². The molecule has 2 aliphatic rings. The molecule has 0 N–H and O–H groups in total. The van der Waals surface area contributed by atoms with Gasteiger partial charge < -0.3 is 9.42 Å². The third kappa shape index (κ3) is 2.42. The Morgan fingerprint density at radius 2 is 2.10 bits per heavy atom. The fraction of sp³-hybridized carbons (Fsp3) is 0.643. The van der Waals surface area contributed by atoms with Crippen LogP contribution in [0.15, 0.2) is 10.6 Å². The Morgan fingerprint density at radius 1 is 1.35 bits per heavy atom. The van der Waals surface area contributed by atoms with Crippen LogP contribution in [0, 0.1) is 12.8 Å². The van der Waals surface area contributed by atoms with E-state index in [1.807, 2.05) is 4.90 Å². The Morgan fingerprint density at radius 3 is 2.75 bits per heavy atom. The molecular formula is C14H19N3O3. The van der Waals surface area contributed by atoms with Crippen molar-refractivity contribution in [3.63, 3.8) is 0 Å². The molecule has 0 radical (unpaired) electrons. The Hall–Kier alpha value is -1.85. The van der Waals surface area contributed by atoms with Gasteiger partial charge in [-0.05, 0) is 26.2 Å². The second-order valence-corrected chi connectivity index (χ2v) is 5.59. The number of aryl methyl sites for hydroxylation is 1. The van der Waals surface area contributed by atoms with Gasteiger partial charge in [0.05, 0.1) is 5.92 Å². The van der Waals surface area contributed by atoms with Gasteiger partial charge >= 0.3 is 0 Å². The summed E-state index contributed by atoms with van der Waals surface area (Å²) in [6, 6.07) is 1.73. The lowest BCUT2D eigenvalue weighted by Crippen LogP contribution is -2.40. The second-order valence-electron chi connectivity index (χ2n) is 5.59. The van der Waals surface area contributed by atoms with Gasteiger partial charge in [0.2, 0.25) is 11.8 Å².